The smallest absolute Gasteiger partial charge is 0.227 e. The second-order valence-electron chi connectivity index (χ2n) is 6.23. The number of ether oxygens (including phenoxy) is 1. The zero-order chi connectivity index (χ0) is 15.2. The zero-order valence-corrected chi connectivity index (χ0v) is 13.4. The third-order valence-corrected chi connectivity index (χ3v) is 3.97. The number of nitrogens with zero attached hydrogens (tertiary/aromatic N) is 3. The van der Waals surface area contributed by atoms with E-state index in [0.29, 0.717) is 30.1 Å². The molecule has 0 bridgehead atoms. The van der Waals surface area contributed by atoms with Crippen LogP contribution in [0.4, 0.5) is 0 Å². The van der Waals surface area contributed by atoms with Gasteiger partial charge < -0.3 is 15.0 Å². The molecule has 120 valence electrons. The Labute approximate surface area is 127 Å². The monoisotopic (exact) mass is 296 g/mol. The molecule has 0 aliphatic carbocycles. The average Bonchev–Trinajstić information content (AvgIpc) is 2.94. The van der Waals surface area contributed by atoms with Crippen molar-refractivity contribution in [3.8, 4) is 0 Å². The summed E-state index contributed by atoms with van der Waals surface area (Å²) < 4.78 is 11.1. The highest BCUT2D eigenvalue weighted by Crippen LogP contribution is 2.21. The Morgan fingerprint density at radius 1 is 1.43 bits per heavy atom. The van der Waals surface area contributed by atoms with E-state index in [0.717, 1.165) is 39.1 Å². The highest BCUT2D eigenvalue weighted by Gasteiger charge is 2.26. The van der Waals surface area contributed by atoms with Crippen molar-refractivity contribution < 1.29 is 9.26 Å². The summed E-state index contributed by atoms with van der Waals surface area (Å²) >= 11 is 0. The van der Waals surface area contributed by atoms with Crippen molar-refractivity contribution in [3.05, 3.63) is 11.7 Å². The van der Waals surface area contributed by atoms with Crippen LogP contribution in [0.3, 0.4) is 0 Å². The molecule has 1 unspecified atom stereocenters. The summed E-state index contributed by atoms with van der Waals surface area (Å²) in [6.45, 7) is 10.8. The van der Waals surface area contributed by atoms with Crippen molar-refractivity contribution >= 4 is 0 Å². The predicted octanol–water partition coefficient (Wildman–Crippen LogP) is 1.63. The maximum absolute atomic E-state index is 5.83. The second-order valence-corrected chi connectivity index (χ2v) is 6.23. The van der Waals surface area contributed by atoms with Crippen LogP contribution in [0.5, 0.6) is 0 Å². The first kappa shape index (κ1) is 16.4. The highest BCUT2D eigenvalue weighted by atomic mass is 16.5. The number of aromatic nitrogens is 2. The minimum absolute atomic E-state index is 0.0716. The largest absolute Gasteiger partial charge is 0.367 e. The highest BCUT2D eigenvalue weighted by molar-refractivity contribution is 4.95. The van der Waals surface area contributed by atoms with E-state index in [9.17, 15) is 0 Å². The van der Waals surface area contributed by atoms with Crippen LogP contribution in [0.2, 0.25) is 0 Å². The van der Waals surface area contributed by atoms with Crippen molar-refractivity contribution in [2.45, 2.75) is 39.7 Å². The number of nitrogens with two attached hydrogens (primary N) is 1. The van der Waals surface area contributed by atoms with E-state index in [1.165, 1.54) is 0 Å². The Morgan fingerprint density at radius 2 is 2.24 bits per heavy atom. The Bertz CT molecular complexity index is 422. The fourth-order valence-electron chi connectivity index (χ4n) is 2.80. The van der Waals surface area contributed by atoms with Gasteiger partial charge in [-0.2, -0.15) is 4.98 Å². The first-order chi connectivity index (χ1) is 10.1. The third kappa shape index (κ3) is 4.76. The number of hydrogen-bond donors (Lipinski definition) is 1. The minimum Gasteiger partial charge on any atom is -0.367 e. The maximum Gasteiger partial charge on any atom is 0.227 e. The van der Waals surface area contributed by atoms with Gasteiger partial charge in [-0.1, -0.05) is 25.9 Å². The van der Waals surface area contributed by atoms with Crippen molar-refractivity contribution in [2.75, 3.05) is 32.8 Å². The summed E-state index contributed by atoms with van der Waals surface area (Å²) in [7, 11) is 0. The fourth-order valence-corrected chi connectivity index (χ4v) is 2.80. The van der Waals surface area contributed by atoms with Crippen molar-refractivity contribution in [1.29, 1.82) is 0 Å². The predicted molar refractivity (Wildman–Crippen MR) is 80.8 cm³/mol. The van der Waals surface area contributed by atoms with E-state index < -0.39 is 0 Å². The normalized spacial score (nSPS) is 21.9. The van der Waals surface area contributed by atoms with E-state index in [1.54, 1.807) is 0 Å². The first-order valence-corrected chi connectivity index (χ1v) is 7.98. The summed E-state index contributed by atoms with van der Waals surface area (Å²) in [6.07, 6.45) is 1.77. The molecule has 0 saturated carbocycles. The summed E-state index contributed by atoms with van der Waals surface area (Å²) in [6, 6.07) is 0. The molecule has 0 radical (unpaired) electrons. The van der Waals surface area contributed by atoms with Gasteiger partial charge in [-0.15, -0.1) is 0 Å². The Balaban J connectivity index is 1.94. The molecule has 21 heavy (non-hydrogen) atoms. The molecule has 0 spiro atoms. The van der Waals surface area contributed by atoms with Gasteiger partial charge >= 0.3 is 0 Å². The van der Waals surface area contributed by atoms with Crippen molar-refractivity contribution in [2.24, 2.45) is 17.6 Å². The fraction of sp³-hybridized carbons (Fsp3) is 0.867. The molecule has 6 nitrogen and oxygen atoms in total. The lowest BCUT2D eigenvalue weighted by Crippen LogP contribution is -2.38. The Morgan fingerprint density at radius 3 is 2.90 bits per heavy atom. The molecule has 2 N–H and O–H groups in total. The molecule has 1 saturated heterocycles. The van der Waals surface area contributed by atoms with Crippen LogP contribution in [0, 0.1) is 11.8 Å². The lowest BCUT2D eigenvalue weighted by Gasteiger charge is -2.30. The summed E-state index contributed by atoms with van der Waals surface area (Å²) in [5, 5.41) is 4.10. The van der Waals surface area contributed by atoms with Crippen LogP contribution in [0.15, 0.2) is 4.52 Å². The van der Waals surface area contributed by atoms with Gasteiger partial charge in [0.15, 0.2) is 0 Å². The second kappa shape index (κ2) is 7.87. The maximum atomic E-state index is 5.83. The summed E-state index contributed by atoms with van der Waals surface area (Å²) in [5.41, 5.74) is 5.83. The van der Waals surface area contributed by atoms with E-state index in [-0.39, 0.29) is 6.10 Å². The molecule has 1 aromatic rings. The van der Waals surface area contributed by atoms with E-state index in [1.807, 2.05) is 0 Å². The molecule has 2 heterocycles. The molecule has 1 fully saturated rings. The number of likely N-dealkylation sites (N-methyl/N-ethyl adjacent to an activating group) is 1. The van der Waals surface area contributed by atoms with E-state index >= 15 is 0 Å². The van der Waals surface area contributed by atoms with Crippen LogP contribution in [0.25, 0.3) is 0 Å². The standard InChI is InChI=1S/C15H28N4O2/c1-4-19-5-6-20-13(10-19)15-17-14(21-18-15)8-12(9-16)7-11(2)3/h11-13H,4-10,16H2,1-3H3/t12-,13?/m0/s1. The van der Waals surface area contributed by atoms with Gasteiger partial charge in [-0.3, -0.25) is 4.90 Å². The van der Waals surface area contributed by atoms with Crippen LogP contribution in [-0.2, 0) is 11.2 Å². The molecule has 1 aliphatic heterocycles. The number of morpholine rings is 1. The molecule has 2 atom stereocenters. The van der Waals surface area contributed by atoms with Crippen LogP contribution >= 0.6 is 0 Å². The van der Waals surface area contributed by atoms with Gasteiger partial charge in [0.1, 0.15) is 6.10 Å². The van der Waals surface area contributed by atoms with Crippen molar-refractivity contribution in [1.82, 2.24) is 15.0 Å². The van der Waals surface area contributed by atoms with Crippen LogP contribution in [-0.4, -0.2) is 47.8 Å². The molecular weight excluding hydrogens is 268 g/mol. The Kier molecular flexibility index (Phi) is 6.14. The Hall–Kier alpha value is -0.980. The summed E-state index contributed by atoms with van der Waals surface area (Å²) in [5.74, 6) is 2.38. The van der Waals surface area contributed by atoms with Gasteiger partial charge in [-0.25, -0.2) is 0 Å². The van der Waals surface area contributed by atoms with Crippen molar-refractivity contribution in [3.63, 3.8) is 0 Å². The quantitative estimate of drug-likeness (QED) is 0.824. The molecular formula is C15H28N4O2. The lowest BCUT2D eigenvalue weighted by atomic mass is 9.94. The third-order valence-electron chi connectivity index (χ3n) is 3.97. The SMILES string of the molecule is CCN1CCOC(c2noc(C[C@@H](CN)CC(C)C)n2)C1. The summed E-state index contributed by atoms with van der Waals surface area (Å²) in [4.78, 5) is 6.85. The first-order valence-electron chi connectivity index (χ1n) is 7.98. The van der Waals surface area contributed by atoms with Crippen LogP contribution < -0.4 is 5.73 Å². The zero-order valence-electron chi connectivity index (χ0n) is 13.4. The molecule has 0 aromatic carbocycles. The topological polar surface area (TPSA) is 77.4 Å². The number of hydrogen-bond acceptors (Lipinski definition) is 6. The van der Waals surface area contributed by atoms with Crippen LogP contribution in [0.1, 0.15) is 45.0 Å². The minimum atomic E-state index is -0.0716. The van der Waals surface area contributed by atoms with E-state index in [2.05, 4.69) is 35.8 Å². The molecule has 1 aliphatic rings. The van der Waals surface area contributed by atoms with Gasteiger partial charge in [0, 0.05) is 19.5 Å². The van der Waals surface area contributed by atoms with Gasteiger partial charge in [0.05, 0.1) is 6.61 Å². The van der Waals surface area contributed by atoms with Gasteiger partial charge in [0.2, 0.25) is 11.7 Å². The van der Waals surface area contributed by atoms with Gasteiger partial charge in [0.25, 0.3) is 0 Å². The number of rotatable bonds is 7. The molecule has 6 heteroatoms. The van der Waals surface area contributed by atoms with E-state index in [4.69, 9.17) is 15.0 Å². The molecule has 0 amide bonds. The molecule has 2 rings (SSSR count). The average molecular weight is 296 g/mol. The van der Waals surface area contributed by atoms with Gasteiger partial charge in [-0.05, 0) is 31.3 Å². The lowest BCUT2D eigenvalue weighted by molar-refractivity contribution is -0.0334. The molecule has 1 aromatic heterocycles.